The number of hydrogen-bond acceptors (Lipinski definition) is 6. The first-order chi connectivity index (χ1) is 15.4. The van der Waals surface area contributed by atoms with Crippen LogP contribution in [0.15, 0.2) is 41.3 Å². The third kappa shape index (κ3) is 5.72. The Balaban J connectivity index is 1.90. The molecule has 1 heterocycles. The van der Waals surface area contributed by atoms with Gasteiger partial charge in [0.05, 0.1) is 39.7 Å². The Kier molecular flexibility index (Phi) is 7.80. The van der Waals surface area contributed by atoms with E-state index in [0.29, 0.717) is 13.1 Å². The van der Waals surface area contributed by atoms with E-state index in [4.69, 9.17) is 27.9 Å². The van der Waals surface area contributed by atoms with Gasteiger partial charge < -0.3 is 10.1 Å². The van der Waals surface area contributed by atoms with E-state index in [1.807, 2.05) is 0 Å². The number of halogens is 2. The molecule has 0 radical (unpaired) electrons. The Morgan fingerprint density at radius 3 is 2.39 bits per heavy atom. The van der Waals surface area contributed by atoms with E-state index in [1.165, 1.54) is 47.8 Å². The zero-order chi connectivity index (χ0) is 24.4. The Hall–Kier alpha value is -2.05. The number of benzene rings is 2. The molecular formula is C20H23Cl2N3O6S2. The molecule has 3 rings (SSSR count). The molecule has 0 bridgehead atoms. The van der Waals surface area contributed by atoms with Crippen LogP contribution in [0.1, 0.15) is 12.8 Å². The molecule has 0 atom stereocenters. The molecule has 0 unspecified atom stereocenters. The Morgan fingerprint density at radius 2 is 1.79 bits per heavy atom. The monoisotopic (exact) mass is 535 g/mol. The third-order valence-corrected chi connectivity index (χ3v) is 8.87. The highest BCUT2D eigenvalue weighted by atomic mass is 35.5. The molecule has 1 aliphatic heterocycles. The van der Waals surface area contributed by atoms with Crippen LogP contribution in [0, 0.1) is 0 Å². The first kappa shape index (κ1) is 25.6. The molecule has 2 aromatic carbocycles. The minimum atomic E-state index is -3.91. The summed E-state index contributed by atoms with van der Waals surface area (Å²) in [5.41, 5.74) is 0.132. The first-order valence-electron chi connectivity index (χ1n) is 9.85. The van der Waals surface area contributed by atoms with Crippen LogP contribution < -0.4 is 14.4 Å². The van der Waals surface area contributed by atoms with Gasteiger partial charge in [-0.15, -0.1) is 0 Å². The second-order valence-corrected chi connectivity index (χ2v) is 12.0. The fourth-order valence-electron chi connectivity index (χ4n) is 3.41. The van der Waals surface area contributed by atoms with Crippen LogP contribution in [0.5, 0.6) is 5.75 Å². The number of amides is 1. The lowest BCUT2D eigenvalue weighted by molar-refractivity contribution is -0.114. The first-order valence-corrected chi connectivity index (χ1v) is 13.9. The number of hydrogen-bond donors (Lipinski definition) is 1. The van der Waals surface area contributed by atoms with E-state index in [9.17, 15) is 21.6 Å². The SMILES string of the molecule is COc1ccc(S(=O)(=O)N2CCCC2)cc1NC(=O)CN(c1cccc(Cl)c1Cl)S(C)(=O)=O. The topological polar surface area (TPSA) is 113 Å². The number of carbonyl (C=O) groups is 1. The molecule has 13 heteroatoms. The highest BCUT2D eigenvalue weighted by Crippen LogP contribution is 2.34. The van der Waals surface area contributed by atoms with Crippen molar-refractivity contribution in [2.45, 2.75) is 17.7 Å². The lowest BCUT2D eigenvalue weighted by atomic mass is 10.3. The molecule has 0 spiro atoms. The van der Waals surface area contributed by atoms with Crippen molar-refractivity contribution < 1.29 is 26.4 Å². The second-order valence-electron chi connectivity index (χ2n) is 7.36. The van der Waals surface area contributed by atoms with Crippen molar-refractivity contribution in [3.63, 3.8) is 0 Å². The molecule has 2 aromatic rings. The molecule has 1 N–H and O–H groups in total. The number of rotatable bonds is 8. The highest BCUT2D eigenvalue weighted by molar-refractivity contribution is 7.92. The molecule has 0 aromatic heterocycles. The van der Waals surface area contributed by atoms with E-state index in [2.05, 4.69) is 5.32 Å². The van der Waals surface area contributed by atoms with Gasteiger partial charge in [-0.1, -0.05) is 29.3 Å². The maximum Gasteiger partial charge on any atom is 0.245 e. The van der Waals surface area contributed by atoms with E-state index >= 15 is 0 Å². The highest BCUT2D eigenvalue weighted by Gasteiger charge is 2.29. The fourth-order valence-corrected chi connectivity index (χ4v) is 6.26. The van der Waals surface area contributed by atoms with E-state index in [0.717, 1.165) is 23.4 Å². The summed E-state index contributed by atoms with van der Waals surface area (Å²) in [6.07, 6.45) is 2.50. The van der Waals surface area contributed by atoms with Crippen molar-refractivity contribution in [3.8, 4) is 5.75 Å². The maximum absolute atomic E-state index is 12.9. The summed E-state index contributed by atoms with van der Waals surface area (Å²) in [6, 6.07) is 8.55. The van der Waals surface area contributed by atoms with Gasteiger partial charge in [0.2, 0.25) is 26.0 Å². The van der Waals surface area contributed by atoms with Crippen LogP contribution in [0.3, 0.4) is 0 Å². The lowest BCUT2D eigenvalue weighted by Crippen LogP contribution is -2.37. The zero-order valence-electron chi connectivity index (χ0n) is 17.9. The standard InChI is InChI=1S/C20H23Cl2N3O6S2/c1-31-18-9-8-14(33(29,30)24-10-3-4-11-24)12-16(18)23-19(26)13-25(32(2,27)28)17-7-5-6-15(21)20(17)22/h5-9,12H,3-4,10-11,13H2,1-2H3,(H,23,26). The van der Waals surface area contributed by atoms with Gasteiger partial charge in [-0.2, -0.15) is 4.31 Å². The molecule has 0 aliphatic carbocycles. The van der Waals surface area contributed by atoms with Crippen molar-refractivity contribution in [3.05, 3.63) is 46.4 Å². The zero-order valence-corrected chi connectivity index (χ0v) is 21.1. The van der Waals surface area contributed by atoms with Crippen molar-refractivity contribution in [1.82, 2.24) is 4.31 Å². The van der Waals surface area contributed by atoms with Gasteiger partial charge in [-0.3, -0.25) is 9.10 Å². The van der Waals surface area contributed by atoms with Gasteiger partial charge in [0.25, 0.3) is 0 Å². The Labute approximate surface area is 203 Å². The predicted octanol–water partition coefficient (Wildman–Crippen LogP) is 3.19. The summed E-state index contributed by atoms with van der Waals surface area (Å²) < 4.78 is 58.0. The average Bonchev–Trinajstić information content (AvgIpc) is 3.29. The third-order valence-electron chi connectivity index (χ3n) is 5.04. The summed E-state index contributed by atoms with van der Waals surface area (Å²) in [5.74, 6) is -0.513. The van der Waals surface area contributed by atoms with Crippen LogP contribution in [-0.4, -0.2) is 60.0 Å². The van der Waals surface area contributed by atoms with Crippen LogP contribution >= 0.6 is 23.2 Å². The number of nitrogens with zero attached hydrogens (tertiary/aromatic N) is 2. The molecule has 0 saturated carbocycles. The molecule has 180 valence electrons. The number of carbonyl (C=O) groups excluding carboxylic acids is 1. The Morgan fingerprint density at radius 1 is 1.12 bits per heavy atom. The largest absolute Gasteiger partial charge is 0.495 e. The number of methoxy groups -OCH3 is 1. The van der Waals surface area contributed by atoms with Crippen molar-refractivity contribution in [2.24, 2.45) is 0 Å². The normalized spacial score (nSPS) is 14.8. The molecule has 1 fully saturated rings. The summed E-state index contributed by atoms with van der Waals surface area (Å²) in [6.45, 7) is 0.241. The van der Waals surface area contributed by atoms with Gasteiger partial charge in [-0.25, -0.2) is 16.8 Å². The molecular weight excluding hydrogens is 513 g/mol. The number of ether oxygens (including phenoxy) is 1. The molecule has 1 saturated heterocycles. The average molecular weight is 536 g/mol. The van der Waals surface area contributed by atoms with Gasteiger partial charge in [0.15, 0.2) is 0 Å². The van der Waals surface area contributed by atoms with E-state index < -0.39 is 32.5 Å². The van der Waals surface area contributed by atoms with Gasteiger partial charge in [0.1, 0.15) is 12.3 Å². The van der Waals surface area contributed by atoms with Crippen LogP contribution in [0.2, 0.25) is 10.0 Å². The second kappa shape index (κ2) is 10.1. The summed E-state index contributed by atoms with van der Waals surface area (Å²) in [5, 5.41) is 2.65. The molecule has 1 aliphatic rings. The maximum atomic E-state index is 12.9. The fraction of sp³-hybridized carbons (Fsp3) is 0.350. The van der Waals surface area contributed by atoms with Gasteiger partial charge in [0, 0.05) is 13.1 Å². The number of anilines is 2. The van der Waals surface area contributed by atoms with Crippen LogP contribution in [-0.2, 0) is 24.8 Å². The van der Waals surface area contributed by atoms with Gasteiger partial charge >= 0.3 is 0 Å². The molecule has 1 amide bonds. The predicted molar refractivity (Wildman–Crippen MR) is 128 cm³/mol. The Bertz CT molecular complexity index is 1260. The van der Waals surface area contributed by atoms with E-state index in [-0.39, 0.29) is 32.1 Å². The van der Waals surface area contributed by atoms with Crippen LogP contribution in [0.25, 0.3) is 0 Å². The molecule has 33 heavy (non-hydrogen) atoms. The quantitative estimate of drug-likeness (QED) is 0.555. The van der Waals surface area contributed by atoms with Gasteiger partial charge in [-0.05, 0) is 43.2 Å². The minimum Gasteiger partial charge on any atom is -0.495 e. The van der Waals surface area contributed by atoms with Crippen LogP contribution in [0.4, 0.5) is 11.4 Å². The number of nitrogens with one attached hydrogen (secondary N) is 1. The lowest BCUT2D eigenvalue weighted by Gasteiger charge is -2.23. The van der Waals surface area contributed by atoms with E-state index in [1.54, 1.807) is 0 Å². The van der Waals surface area contributed by atoms with Crippen molar-refractivity contribution in [1.29, 1.82) is 0 Å². The molecule has 9 nitrogen and oxygen atoms in total. The number of sulfonamides is 2. The summed E-state index contributed by atoms with van der Waals surface area (Å²) in [7, 11) is -6.27. The van der Waals surface area contributed by atoms with Crippen molar-refractivity contribution in [2.75, 3.05) is 42.6 Å². The smallest absolute Gasteiger partial charge is 0.245 e. The minimum absolute atomic E-state index is 0.00152. The summed E-state index contributed by atoms with van der Waals surface area (Å²) in [4.78, 5) is 12.8. The van der Waals surface area contributed by atoms with Crippen molar-refractivity contribution >= 4 is 60.5 Å². The summed E-state index contributed by atoms with van der Waals surface area (Å²) >= 11 is 12.2.